The maximum absolute atomic E-state index is 14.2. The molecule has 0 atom stereocenters. The highest BCUT2D eigenvalue weighted by atomic mass is 16.6. The first kappa shape index (κ1) is 44.8. The van der Waals surface area contributed by atoms with Crippen LogP contribution in [-0.2, 0) is 0 Å². The van der Waals surface area contributed by atoms with Crippen molar-refractivity contribution in [1.29, 1.82) is 0 Å². The molecule has 10 rings (SSSR count). The van der Waals surface area contributed by atoms with Crippen LogP contribution in [0, 0.1) is 10.1 Å². The third-order valence-electron chi connectivity index (χ3n) is 12.7. The van der Waals surface area contributed by atoms with Gasteiger partial charge in [0.1, 0.15) is 0 Å². The number of nitrogens with zero attached hydrogens (tertiary/aromatic N) is 4. The van der Waals surface area contributed by atoms with Crippen molar-refractivity contribution >= 4 is 90.9 Å². The van der Waals surface area contributed by atoms with E-state index in [0.717, 1.165) is 21.7 Å². The normalized spacial score (nSPS) is 14.0. The summed E-state index contributed by atoms with van der Waals surface area (Å²) < 4.78 is 0. The van der Waals surface area contributed by atoms with E-state index < -0.39 is 52.2 Å². The second-order valence-corrected chi connectivity index (χ2v) is 16.8. The molecule has 0 saturated carbocycles. The second kappa shape index (κ2) is 18.2. The second-order valence-electron chi connectivity index (χ2n) is 16.8. The van der Waals surface area contributed by atoms with Crippen molar-refractivity contribution in [2.75, 3.05) is 57.3 Å². The molecule has 0 aliphatic carbocycles. The van der Waals surface area contributed by atoms with Crippen molar-refractivity contribution in [2.24, 2.45) is 0 Å². The average molecular weight is 937 g/mol. The molecule has 0 fully saturated rings. The fourth-order valence-corrected chi connectivity index (χ4v) is 9.37. The fraction of sp³-hybridized carbons (Fsp3) is 0.154. The Hall–Kier alpha value is -9.00. The van der Waals surface area contributed by atoms with E-state index >= 15 is 0 Å². The molecule has 7 aromatic carbocycles. The molecule has 3 aliphatic rings. The van der Waals surface area contributed by atoms with Crippen LogP contribution in [0.1, 0.15) is 82.9 Å². The molecule has 0 aromatic heterocycles. The number of nitro benzene ring substituents is 1. The van der Waals surface area contributed by atoms with Gasteiger partial charge < -0.3 is 21.3 Å². The van der Waals surface area contributed by atoms with E-state index in [9.17, 15) is 48.5 Å². The average Bonchev–Trinajstić information content (AvgIpc) is 3.37. The zero-order valence-corrected chi connectivity index (χ0v) is 37.1. The summed E-state index contributed by atoms with van der Waals surface area (Å²) in [7, 11) is 0. The third kappa shape index (κ3) is 7.85. The highest BCUT2D eigenvalue weighted by Gasteiger charge is 2.37. The van der Waals surface area contributed by atoms with Crippen LogP contribution in [0.5, 0.6) is 0 Å². The predicted molar refractivity (Wildman–Crippen MR) is 257 cm³/mol. The predicted octanol–water partition coefficient (Wildman–Crippen LogP) is 5.09. The summed E-state index contributed by atoms with van der Waals surface area (Å²) in [6, 6.07) is 32.0. The molecule has 0 unspecified atom stereocenters. The van der Waals surface area contributed by atoms with Crippen molar-refractivity contribution in [3.8, 4) is 0 Å². The Morgan fingerprint density at radius 2 is 0.829 bits per heavy atom. The van der Waals surface area contributed by atoms with Crippen LogP contribution in [0.3, 0.4) is 0 Å². The molecule has 18 heteroatoms. The fourth-order valence-electron chi connectivity index (χ4n) is 9.37. The molecule has 7 aromatic rings. The minimum absolute atomic E-state index is 0.0533. The Kier molecular flexibility index (Phi) is 11.7. The van der Waals surface area contributed by atoms with E-state index in [2.05, 4.69) is 21.3 Å². The van der Waals surface area contributed by atoms with E-state index in [1.165, 1.54) is 46.2 Å². The van der Waals surface area contributed by atoms with Gasteiger partial charge in [0.2, 0.25) is 0 Å². The van der Waals surface area contributed by atoms with Gasteiger partial charge in [-0.3, -0.25) is 58.3 Å². The minimum atomic E-state index is -0.897. The lowest BCUT2D eigenvalue weighted by Crippen LogP contribution is -2.44. The molecule has 70 heavy (non-hydrogen) atoms. The maximum Gasteiger partial charge on any atom is 0.270 e. The van der Waals surface area contributed by atoms with Crippen molar-refractivity contribution in [3.05, 3.63) is 176 Å². The number of anilines is 1. The number of amides is 8. The lowest BCUT2D eigenvalue weighted by atomic mass is 9.92. The van der Waals surface area contributed by atoms with Gasteiger partial charge in [0.15, 0.2) is 0 Å². The van der Waals surface area contributed by atoms with Gasteiger partial charge in [0.25, 0.3) is 52.9 Å². The van der Waals surface area contributed by atoms with E-state index in [4.69, 9.17) is 0 Å². The van der Waals surface area contributed by atoms with Crippen LogP contribution >= 0.6 is 0 Å². The number of imide groups is 3. The van der Waals surface area contributed by atoms with Gasteiger partial charge >= 0.3 is 0 Å². The summed E-state index contributed by atoms with van der Waals surface area (Å²) in [5.41, 5.74) is 1.05. The van der Waals surface area contributed by atoms with Gasteiger partial charge in [-0.25, -0.2) is 4.90 Å². The first-order valence-corrected chi connectivity index (χ1v) is 22.4. The number of nitro groups is 1. The molecule has 8 amide bonds. The van der Waals surface area contributed by atoms with Crippen LogP contribution in [-0.4, -0.2) is 114 Å². The first-order valence-electron chi connectivity index (χ1n) is 22.4. The van der Waals surface area contributed by atoms with Crippen molar-refractivity contribution in [2.45, 2.75) is 0 Å². The molecule has 348 valence electrons. The molecular formula is C52H40N8O10. The van der Waals surface area contributed by atoms with E-state index in [1.807, 2.05) is 24.3 Å². The number of hydrogen-bond donors (Lipinski definition) is 4. The molecule has 3 aliphatic heterocycles. The zero-order valence-electron chi connectivity index (χ0n) is 37.1. The van der Waals surface area contributed by atoms with Crippen molar-refractivity contribution < 1.29 is 43.3 Å². The number of rotatable bonds is 16. The highest BCUT2D eigenvalue weighted by molar-refractivity contribution is 6.36. The van der Waals surface area contributed by atoms with E-state index in [1.54, 1.807) is 54.6 Å². The number of hydrogen-bond acceptors (Lipinski definition) is 12. The number of non-ortho nitro benzene ring substituents is 1. The van der Waals surface area contributed by atoms with Crippen LogP contribution in [0.25, 0.3) is 32.3 Å². The lowest BCUT2D eigenvalue weighted by Gasteiger charge is -2.28. The molecule has 4 N–H and O–H groups in total. The van der Waals surface area contributed by atoms with Gasteiger partial charge in [0, 0.05) is 120 Å². The Balaban J connectivity index is 0.811. The van der Waals surface area contributed by atoms with Gasteiger partial charge in [-0.2, -0.15) is 0 Å². The number of carbonyl (C=O) groups is 8. The third-order valence-corrected chi connectivity index (χ3v) is 12.7. The van der Waals surface area contributed by atoms with Gasteiger partial charge in [0.05, 0.1) is 16.2 Å². The standard InChI is InChI=1S/C52H40N8O10/c61-45(55-18-16-53-20-22-57-47(63)36-11-1-6-29-7-2-12-37(42(29)36)48(57)64)32-24-33(27-34(26-32)59-51(67)40-15-5-10-31-25-35(60(69)70)28-41(44(31)40)52(59)68)46(62)56-19-17-54-21-23-58-49(65)38-13-3-8-30-9-4-14-39(43(30)38)50(58)66/h1-15,24-28,53-54H,16-23H2,(H,55,61)(H,56,62). The molecule has 18 nitrogen and oxygen atoms in total. The Labute approximate surface area is 397 Å². The number of benzene rings is 7. The molecule has 0 spiro atoms. The van der Waals surface area contributed by atoms with Gasteiger partial charge in [-0.05, 0) is 64.7 Å². The summed E-state index contributed by atoms with van der Waals surface area (Å²) in [5.74, 6) is -4.62. The summed E-state index contributed by atoms with van der Waals surface area (Å²) in [6.45, 7) is 1.08. The van der Waals surface area contributed by atoms with Gasteiger partial charge in [-0.15, -0.1) is 0 Å². The van der Waals surface area contributed by atoms with Crippen LogP contribution in [0.15, 0.2) is 121 Å². The SMILES string of the molecule is O=C(NCCNCCN1C(=O)c2cccc3cccc(c23)C1=O)c1cc(C(=O)NCCNCCN2C(=O)c3cccc4cccc(c34)C2=O)cc(N2C(=O)c3cccc4cc([N+](=O)[O-])cc(c34)C2=O)c1. The highest BCUT2D eigenvalue weighted by Crippen LogP contribution is 2.37. The largest absolute Gasteiger partial charge is 0.351 e. The summed E-state index contributed by atoms with van der Waals surface area (Å²) in [6.07, 6.45) is 0. The number of nitrogens with one attached hydrogen (secondary N) is 4. The Morgan fingerprint density at radius 1 is 0.443 bits per heavy atom. The monoisotopic (exact) mass is 936 g/mol. The van der Waals surface area contributed by atoms with Crippen LogP contribution in [0.4, 0.5) is 11.4 Å². The van der Waals surface area contributed by atoms with Gasteiger partial charge in [-0.1, -0.05) is 60.7 Å². The smallest absolute Gasteiger partial charge is 0.270 e. The quantitative estimate of drug-likeness (QED) is 0.0430. The minimum Gasteiger partial charge on any atom is -0.351 e. The molecular weight excluding hydrogens is 897 g/mol. The Bertz CT molecular complexity index is 3220. The summed E-state index contributed by atoms with van der Waals surface area (Å²) >= 11 is 0. The molecule has 0 radical (unpaired) electrons. The summed E-state index contributed by atoms with van der Waals surface area (Å²) in [4.78, 5) is 124. The van der Waals surface area contributed by atoms with E-state index in [0.29, 0.717) is 38.4 Å². The topological polar surface area (TPSA) is 238 Å². The molecule has 0 saturated heterocycles. The number of carbonyl (C=O) groups excluding carboxylic acids is 8. The molecule has 0 bridgehead atoms. The van der Waals surface area contributed by atoms with Crippen LogP contribution < -0.4 is 26.2 Å². The van der Waals surface area contributed by atoms with Crippen molar-refractivity contribution in [3.63, 3.8) is 0 Å². The lowest BCUT2D eigenvalue weighted by molar-refractivity contribution is -0.384. The van der Waals surface area contributed by atoms with E-state index in [-0.39, 0.29) is 91.4 Å². The van der Waals surface area contributed by atoms with Crippen LogP contribution in [0.2, 0.25) is 0 Å². The zero-order chi connectivity index (χ0) is 48.8. The van der Waals surface area contributed by atoms with Crippen molar-refractivity contribution in [1.82, 2.24) is 31.1 Å². The first-order chi connectivity index (χ1) is 33.9. The molecule has 3 heterocycles. The summed E-state index contributed by atoms with van der Waals surface area (Å²) in [5, 5.41) is 27.0. The Morgan fingerprint density at radius 3 is 1.26 bits per heavy atom. The maximum atomic E-state index is 14.2.